The van der Waals surface area contributed by atoms with E-state index in [2.05, 4.69) is 0 Å². The predicted molar refractivity (Wildman–Crippen MR) is 66.5 cm³/mol. The molecule has 0 amide bonds. The smallest absolute Gasteiger partial charge is 0.228 e. The number of carbonyl (C=O) groups excluding carboxylic acids is 2. The van der Waals surface area contributed by atoms with Crippen molar-refractivity contribution in [1.82, 2.24) is 0 Å². The van der Waals surface area contributed by atoms with Gasteiger partial charge in [-0.25, -0.2) is 0 Å². The van der Waals surface area contributed by atoms with E-state index in [1.165, 1.54) is 0 Å². The van der Waals surface area contributed by atoms with E-state index in [-0.39, 0.29) is 23.4 Å². The lowest BCUT2D eigenvalue weighted by atomic mass is 9.74. The fourth-order valence-electron chi connectivity index (χ4n) is 2.58. The monoisotopic (exact) mass is 242 g/mol. The van der Waals surface area contributed by atoms with Crippen molar-refractivity contribution in [3.8, 4) is 0 Å². The molecule has 1 aliphatic carbocycles. The molecule has 1 aromatic carbocycles. The van der Waals surface area contributed by atoms with Gasteiger partial charge in [0.15, 0.2) is 11.5 Å². The van der Waals surface area contributed by atoms with Crippen LogP contribution in [0.2, 0.25) is 0 Å². The summed E-state index contributed by atoms with van der Waals surface area (Å²) in [5.41, 5.74) is 1.05. The molecule has 0 fully saturated rings. The summed E-state index contributed by atoms with van der Waals surface area (Å²) in [7, 11) is 0. The van der Waals surface area contributed by atoms with Gasteiger partial charge in [0.2, 0.25) is 5.78 Å². The van der Waals surface area contributed by atoms with Gasteiger partial charge >= 0.3 is 0 Å². The standard InChI is InChI=1S/C15H14O3/c1-8-15(2,3)11-12(16)9-6-4-5-7-10(9)13(17)14(11)18-8/h4-8H,1-3H3/t8-/m1/s1. The predicted octanol–water partition coefficient (Wildman–Crippen LogP) is 2.76. The zero-order valence-corrected chi connectivity index (χ0v) is 10.6. The minimum atomic E-state index is -0.421. The van der Waals surface area contributed by atoms with Crippen molar-refractivity contribution in [3.05, 3.63) is 46.7 Å². The van der Waals surface area contributed by atoms with Gasteiger partial charge in [0.25, 0.3) is 0 Å². The number of hydrogen-bond acceptors (Lipinski definition) is 3. The molecule has 3 nitrogen and oxygen atoms in total. The molecule has 0 radical (unpaired) electrons. The van der Waals surface area contributed by atoms with Crippen molar-refractivity contribution >= 4 is 11.6 Å². The second-order valence-corrected chi connectivity index (χ2v) is 5.39. The Bertz CT molecular complexity index is 608. The summed E-state index contributed by atoms with van der Waals surface area (Å²) in [6, 6.07) is 6.93. The quantitative estimate of drug-likeness (QED) is 0.702. The molecule has 0 saturated heterocycles. The van der Waals surface area contributed by atoms with Crippen LogP contribution in [0.4, 0.5) is 0 Å². The second kappa shape index (κ2) is 3.31. The molecule has 92 valence electrons. The van der Waals surface area contributed by atoms with Crippen molar-refractivity contribution in [2.75, 3.05) is 0 Å². The fourth-order valence-corrected chi connectivity index (χ4v) is 2.58. The number of benzene rings is 1. The normalized spacial score (nSPS) is 24.7. The fraction of sp³-hybridized carbons (Fsp3) is 0.333. The molecule has 18 heavy (non-hydrogen) atoms. The Morgan fingerprint density at radius 2 is 1.61 bits per heavy atom. The molecule has 0 unspecified atom stereocenters. The van der Waals surface area contributed by atoms with E-state index in [1.54, 1.807) is 24.3 Å². The van der Waals surface area contributed by atoms with Crippen LogP contribution in [-0.4, -0.2) is 17.7 Å². The highest BCUT2D eigenvalue weighted by molar-refractivity contribution is 6.27. The average molecular weight is 242 g/mol. The summed E-state index contributed by atoms with van der Waals surface area (Å²) in [6.07, 6.45) is -0.162. The number of ether oxygens (including phenoxy) is 1. The number of ketones is 2. The summed E-state index contributed by atoms with van der Waals surface area (Å²) >= 11 is 0. The van der Waals surface area contributed by atoms with Gasteiger partial charge in [0.05, 0.1) is 5.57 Å². The van der Waals surface area contributed by atoms with Crippen LogP contribution in [0.1, 0.15) is 41.5 Å². The lowest BCUT2D eigenvalue weighted by Gasteiger charge is -2.25. The summed E-state index contributed by atoms with van der Waals surface area (Å²) < 4.78 is 5.63. The Labute approximate surface area is 105 Å². The Balaban J connectivity index is 2.26. The first-order valence-electron chi connectivity index (χ1n) is 6.04. The van der Waals surface area contributed by atoms with Gasteiger partial charge in [0.1, 0.15) is 6.10 Å². The van der Waals surface area contributed by atoms with Crippen molar-refractivity contribution in [1.29, 1.82) is 0 Å². The molecule has 0 saturated carbocycles. The van der Waals surface area contributed by atoms with E-state index in [0.717, 1.165) is 0 Å². The molecule has 1 heterocycles. The summed E-state index contributed by atoms with van der Waals surface area (Å²) in [4.78, 5) is 24.9. The lowest BCUT2D eigenvalue weighted by Crippen LogP contribution is -2.29. The number of fused-ring (bicyclic) bond motifs is 1. The third kappa shape index (κ3) is 1.19. The largest absolute Gasteiger partial charge is 0.485 e. The number of allylic oxidation sites excluding steroid dienone is 1. The Morgan fingerprint density at radius 3 is 2.22 bits per heavy atom. The van der Waals surface area contributed by atoms with Crippen LogP contribution in [0.5, 0.6) is 0 Å². The van der Waals surface area contributed by atoms with Crippen LogP contribution in [0.3, 0.4) is 0 Å². The second-order valence-electron chi connectivity index (χ2n) is 5.39. The van der Waals surface area contributed by atoms with Crippen LogP contribution >= 0.6 is 0 Å². The van der Waals surface area contributed by atoms with Gasteiger partial charge in [-0.15, -0.1) is 0 Å². The molecule has 0 aromatic heterocycles. The maximum absolute atomic E-state index is 12.5. The number of carbonyl (C=O) groups is 2. The summed E-state index contributed by atoms with van der Waals surface area (Å²) in [5, 5.41) is 0. The summed E-state index contributed by atoms with van der Waals surface area (Å²) in [6.45, 7) is 5.78. The molecule has 3 rings (SSSR count). The lowest BCUT2D eigenvalue weighted by molar-refractivity contribution is 0.0722. The molecular weight excluding hydrogens is 228 g/mol. The van der Waals surface area contributed by atoms with Gasteiger partial charge in [0, 0.05) is 16.5 Å². The van der Waals surface area contributed by atoms with E-state index in [1.807, 2.05) is 20.8 Å². The Morgan fingerprint density at radius 1 is 1.06 bits per heavy atom. The Kier molecular flexibility index (Phi) is 2.06. The first-order valence-corrected chi connectivity index (χ1v) is 6.04. The minimum Gasteiger partial charge on any atom is -0.485 e. The Hall–Kier alpha value is -1.90. The maximum atomic E-state index is 12.5. The van der Waals surface area contributed by atoms with E-state index in [4.69, 9.17) is 4.74 Å². The zero-order chi connectivity index (χ0) is 13.1. The number of Topliss-reactive ketones (excluding diaryl/α,β-unsaturated/α-hetero) is 2. The first-order chi connectivity index (χ1) is 8.44. The van der Waals surface area contributed by atoms with Crippen molar-refractivity contribution < 1.29 is 14.3 Å². The molecule has 0 spiro atoms. The van der Waals surface area contributed by atoms with E-state index >= 15 is 0 Å². The van der Waals surface area contributed by atoms with E-state index in [9.17, 15) is 9.59 Å². The molecule has 3 heteroatoms. The van der Waals surface area contributed by atoms with Gasteiger partial charge in [-0.2, -0.15) is 0 Å². The SMILES string of the molecule is C[C@H]1OC2=C(C(=O)c3ccccc3C2=O)C1(C)C. The van der Waals surface area contributed by atoms with Gasteiger partial charge < -0.3 is 4.74 Å². The van der Waals surface area contributed by atoms with E-state index < -0.39 is 5.41 Å². The van der Waals surface area contributed by atoms with Crippen molar-refractivity contribution in [3.63, 3.8) is 0 Å². The highest BCUT2D eigenvalue weighted by Gasteiger charge is 2.49. The van der Waals surface area contributed by atoms with Gasteiger partial charge in [-0.05, 0) is 6.92 Å². The topological polar surface area (TPSA) is 43.4 Å². The molecule has 0 N–H and O–H groups in total. The van der Waals surface area contributed by atoms with Crippen LogP contribution in [-0.2, 0) is 4.74 Å². The van der Waals surface area contributed by atoms with Gasteiger partial charge in [-0.3, -0.25) is 9.59 Å². The van der Waals surface area contributed by atoms with Crippen LogP contribution in [0.15, 0.2) is 35.6 Å². The molecule has 1 atom stereocenters. The number of rotatable bonds is 0. The number of hydrogen-bond donors (Lipinski definition) is 0. The molecule has 1 aliphatic heterocycles. The zero-order valence-electron chi connectivity index (χ0n) is 10.6. The van der Waals surface area contributed by atoms with E-state index in [0.29, 0.717) is 16.7 Å². The highest BCUT2D eigenvalue weighted by Crippen LogP contribution is 2.46. The molecule has 0 bridgehead atoms. The average Bonchev–Trinajstić information content (AvgIpc) is 2.58. The molecule has 1 aromatic rings. The molecule has 2 aliphatic rings. The van der Waals surface area contributed by atoms with Crippen molar-refractivity contribution in [2.24, 2.45) is 5.41 Å². The maximum Gasteiger partial charge on any atom is 0.228 e. The third-order valence-corrected chi connectivity index (χ3v) is 4.03. The van der Waals surface area contributed by atoms with Crippen LogP contribution in [0.25, 0.3) is 0 Å². The van der Waals surface area contributed by atoms with Crippen molar-refractivity contribution in [2.45, 2.75) is 26.9 Å². The summed E-state index contributed by atoms with van der Waals surface area (Å²) in [5.74, 6) is 0.00313. The minimum absolute atomic E-state index is 0.0745. The third-order valence-electron chi connectivity index (χ3n) is 4.03. The highest BCUT2D eigenvalue weighted by atomic mass is 16.5. The molecular formula is C15H14O3. The van der Waals surface area contributed by atoms with Crippen LogP contribution < -0.4 is 0 Å². The van der Waals surface area contributed by atoms with Gasteiger partial charge in [-0.1, -0.05) is 38.1 Å². The first kappa shape index (κ1) is 11.2. The van der Waals surface area contributed by atoms with Crippen LogP contribution in [0, 0.1) is 5.41 Å².